The molecule has 4 aromatic heterocycles. The molecule has 0 bridgehead atoms. The third-order valence-corrected chi connectivity index (χ3v) is 15.2. The van der Waals surface area contributed by atoms with Crippen LogP contribution in [0, 0.1) is 39.5 Å². The Kier molecular flexibility index (Phi) is 20.4. The van der Waals surface area contributed by atoms with Gasteiger partial charge in [0.15, 0.2) is 8.68 Å². The fourth-order valence-corrected chi connectivity index (χ4v) is 11.8. The van der Waals surface area contributed by atoms with Crippen LogP contribution in [-0.2, 0) is 38.7 Å². The molecular formula is C44H55BN4NaO6S4. The topological polar surface area (TPSA) is 149 Å². The van der Waals surface area contributed by atoms with Crippen molar-refractivity contribution in [2.75, 3.05) is 0 Å². The molecule has 0 aliphatic heterocycles. The van der Waals surface area contributed by atoms with Gasteiger partial charge in [0.2, 0.25) is 0 Å². The van der Waals surface area contributed by atoms with Crippen LogP contribution in [0.25, 0.3) is 20.4 Å². The molecule has 60 heavy (non-hydrogen) atoms. The summed E-state index contributed by atoms with van der Waals surface area (Å²) in [6.45, 7) is 7.78. The molecule has 16 heteroatoms. The van der Waals surface area contributed by atoms with E-state index >= 15 is 0 Å². The van der Waals surface area contributed by atoms with Crippen LogP contribution in [0.3, 0.4) is 0 Å². The second-order valence-corrected chi connectivity index (χ2v) is 19.4. The Morgan fingerprint density at radius 1 is 0.717 bits per heavy atom. The van der Waals surface area contributed by atoms with E-state index in [9.17, 15) is 19.5 Å². The van der Waals surface area contributed by atoms with Gasteiger partial charge in [-0.05, 0) is 102 Å². The zero-order valence-electron chi connectivity index (χ0n) is 34.7. The van der Waals surface area contributed by atoms with Crippen molar-refractivity contribution in [3.63, 3.8) is 0 Å². The molecule has 8 rings (SSSR count). The minimum atomic E-state index is -0.223. The maximum atomic E-state index is 12.6. The summed E-state index contributed by atoms with van der Waals surface area (Å²) in [5, 5.41) is 17.6. The summed E-state index contributed by atoms with van der Waals surface area (Å²) in [6.07, 6.45) is 6.32. The average molecular weight is 898 g/mol. The van der Waals surface area contributed by atoms with E-state index in [1.807, 2.05) is 52.0 Å². The zero-order valence-corrected chi connectivity index (χ0v) is 38.9. The van der Waals surface area contributed by atoms with E-state index in [-0.39, 0.29) is 83.8 Å². The van der Waals surface area contributed by atoms with Gasteiger partial charge in [-0.1, -0.05) is 60.8 Å². The second-order valence-electron chi connectivity index (χ2n) is 14.9. The van der Waals surface area contributed by atoms with Gasteiger partial charge in [0, 0.05) is 68.6 Å². The molecular weight excluding hydrogens is 843 g/mol. The minimum absolute atomic E-state index is 0. The predicted octanol–water partition coefficient (Wildman–Crippen LogP) is 7.93. The molecule has 3 radical (unpaired) electrons. The molecule has 10 nitrogen and oxygen atoms in total. The normalized spacial score (nSPS) is 16.5. The van der Waals surface area contributed by atoms with Gasteiger partial charge in [-0.2, -0.15) is 0 Å². The number of hydrogen-bond acceptors (Lipinski definition) is 14. The van der Waals surface area contributed by atoms with E-state index in [2.05, 4.69) is 22.4 Å². The molecule has 2 aliphatic rings. The number of aliphatic hydroxyl groups excluding tert-OH is 1. The van der Waals surface area contributed by atoms with E-state index in [1.54, 1.807) is 46.2 Å². The third kappa shape index (κ3) is 13.2. The van der Waals surface area contributed by atoms with Gasteiger partial charge >= 0.3 is 29.6 Å². The van der Waals surface area contributed by atoms with Crippen molar-refractivity contribution >= 4 is 92.4 Å². The Hall–Kier alpha value is -2.63. The van der Waals surface area contributed by atoms with Gasteiger partial charge in [-0.3, -0.25) is 14.4 Å². The third-order valence-electron chi connectivity index (χ3n) is 10.8. The fraction of sp³-hybridized carbons (Fsp3) is 0.477. The number of nitrogens with zero attached hydrogens (tertiary/aromatic N) is 4. The number of carbonyl (C=O) groups excluding carboxylic acids is 3. The number of fused-ring (bicyclic) bond motifs is 2. The van der Waals surface area contributed by atoms with Gasteiger partial charge in [0.25, 0.3) is 0 Å². The number of hydrogen-bond donors (Lipinski definition) is 1. The molecule has 2 fully saturated rings. The zero-order chi connectivity index (χ0) is 39.3. The number of ketones is 3. The van der Waals surface area contributed by atoms with Crippen LogP contribution in [-0.4, -0.2) is 57.3 Å². The number of benzene rings is 2. The monoisotopic (exact) mass is 897 g/mol. The van der Waals surface area contributed by atoms with E-state index in [4.69, 9.17) is 19.0 Å². The van der Waals surface area contributed by atoms with Crippen molar-refractivity contribution in [2.24, 2.45) is 11.8 Å². The van der Waals surface area contributed by atoms with Crippen LogP contribution in [0.1, 0.15) is 113 Å². The van der Waals surface area contributed by atoms with Gasteiger partial charge < -0.3 is 15.6 Å². The molecule has 2 saturated carbocycles. The molecule has 0 atom stereocenters. The number of aromatic nitrogens is 4. The smallest absolute Gasteiger partial charge is 1.00 e. The molecule has 0 saturated heterocycles. The van der Waals surface area contributed by atoms with Crippen molar-refractivity contribution in [3.05, 3.63) is 81.6 Å². The quantitative estimate of drug-likeness (QED) is 0.0940. The van der Waals surface area contributed by atoms with Crippen molar-refractivity contribution < 1.29 is 59.5 Å². The number of Topliss-reactive ketones (excluding diaryl/α,β-unsaturated/α-hetero) is 3. The molecule has 315 valence electrons. The van der Waals surface area contributed by atoms with Crippen molar-refractivity contribution in [2.45, 2.75) is 133 Å². The molecule has 0 amide bonds. The number of aliphatic hydroxyl groups is 1. The maximum Gasteiger partial charge on any atom is 1.00 e. The van der Waals surface area contributed by atoms with E-state index in [1.165, 1.54) is 0 Å². The number of thiazole rings is 2. The van der Waals surface area contributed by atoms with Gasteiger partial charge in [0.05, 0.1) is 37.9 Å². The molecule has 4 heterocycles. The fourth-order valence-electron chi connectivity index (χ4n) is 7.27. The summed E-state index contributed by atoms with van der Waals surface area (Å²) < 4.78 is 14.7. The maximum absolute atomic E-state index is 12.6. The summed E-state index contributed by atoms with van der Waals surface area (Å²) >= 11 is 6.69. The summed E-state index contributed by atoms with van der Waals surface area (Å²) in [4.78, 5) is 46.0. The first-order valence-electron chi connectivity index (χ1n) is 19.1. The molecule has 2 aliphatic carbocycles. The number of rotatable bonds is 12. The number of aryl methyl sites for hydroxylation is 4. The van der Waals surface area contributed by atoms with Crippen LogP contribution >= 0.6 is 46.2 Å². The summed E-state index contributed by atoms with van der Waals surface area (Å²) in [5.41, 5.74) is 8.14. The average Bonchev–Trinajstić information content (AvgIpc) is 3.95. The predicted molar refractivity (Wildman–Crippen MR) is 243 cm³/mol. The Balaban J connectivity index is 0.000000388. The first kappa shape index (κ1) is 51.7. The second kappa shape index (κ2) is 23.7. The SMILES string of the molecule is C.C.Cc1noc(C)c1CSc1nc2ccc(CC(=O)C3CCC(=O)CC3)cc2s1.Cc1noc(C)c1CSc1nc2ccc(CC(=O)C3CCC(O)CC3)cc2s1.[B].[H-].[Na+]. The van der Waals surface area contributed by atoms with Crippen LogP contribution < -0.4 is 29.6 Å². The molecule has 1 N–H and O–H groups in total. The van der Waals surface area contributed by atoms with Crippen LogP contribution in [0.4, 0.5) is 0 Å². The Morgan fingerprint density at radius 2 is 1.13 bits per heavy atom. The summed E-state index contributed by atoms with van der Waals surface area (Å²) in [6, 6.07) is 12.2. The molecule has 0 spiro atoms. The Bertz CT molecular complexity index is 2320. The summed E-state index contributed by atoms with van der Waals surface area (Å²) in [5.74, 6) is 4.27. The van der Waals surface area contributed by atoms with E-state index in [0.717, 1.165) is 111 Å². The van der Waals surface area contributed by atoms with E-state index < -0.39 is 0 Å². The standard InChI is InChI=1S/C21H24N2O3S2.C21H22N2O3S2.2CH4.B.Na.H/c2*1-12-17(13(2)26-23-12)11-27-21-22-18-8-3-14(10-20(18)28-21)9-19(25)15-4-6-16(24)7-5-15;;;;;/h3,8,10,15-16,24H,4-7,9,11H2,1-2H3;3,8,10,15H,4-7,9,11H2,1-2H3;2*1H4;;;/q;;;;;+1;-1. The van der Waals surface area contributed by atoms with Crippen molar-refractivity contribution in [1.29, 1.82) is 0 Å². The summed E-state index contributed by atoms with van der Waals surface area (Å²) in [7, 11) is 0. The Labute approximate surface area is 395 Å². The minimum Gasteiger partial charge on any atom is -1.00 e. The number of carbonyl (C=O) groups is 3. The number of thioether (sulfide) groups is 2. The van der Waals surface area contributed by atoms with Crippen LogP contribution in [0.15, 0.2) is 54.1 Å². The first-order chi connectivity index (χ1) is 27.0. The molecule has 0 unspecified atom stereocenters. The Morgan fingerprint density at radius 3 is 1.53 bits per heavy atom. The van der Waals surface area contributed by atoms with Crippen molar-refractivity contribution in [3.8, 4) is 0 Å². The first-order valence-corrected chi connectivity index (χ1v) is 22.7. The van der Waals surface area contributed by atoms with Crippen LogP contribution in [0.2, 0.25) is 0 Å². The van der Waals surface area contributed by atoms with Gasteiger partial charge in [-0.25, -0.2) is 9.97 Å². The largest absolute Gasteiger partial charge is 1.00 e. The molecule has 6 aromatic rings. The van der Waals surface area contributed by atoms with Gasteiger partial charge in [-0.15, -0.1) is 22.7 Å². The molecule has 2 aromatic carbocycles. The van der Waals surface area contributed by atoms with E-state index in [0.29, 0.717) is 44.3 Å². The van der Waals surface area contributed by atoms with Gasteiger partial charge in [0.1, 0.15) is 28.9 Å². The van der Waals surface area contributed by atoms with Crippen LogP contribution in [0.5, 0.6) is 0 Å². The van der Waals surface area contributed by atoms with Crippen molar-refractivity contribution in [1.82, 2.24) is 20.3 Å².